The number of nitrogens with zero attached hydrogens (tertiary/aromatic N) is 2. The molecule has 1 aliphatic carbocycles. The minimum Gasteiger partial charge on any atom is -0.378 e. The van der Waals surface area contributed by atoms with Crippen LogP contribution >= 0.6 is 0 Å². The standard InChI is InChI=1S/C23H36N4O3/c1-18(23(29)26(3)20-7-5-4-6-8-20)25(2)17-22(28)24-19-9-11-21(12-10-19)27-13-15-30-16-14-27/h9-12,18,20H,4-8,13-17H2,1-3H3,(H,24,28)/p+1/t18-/m1/s1. The van der Waals surface area contributed by atoms with Gasteiger partial charge in [-0.25, -0.2) is 0 Å². The Labute approximate surface area is 180 Å². The van der Waals surface area contributed by atoms with Crippen LogP contribution in [0.3, 0.4) is 0 Å². The summed E-state index contributed by atoms with van der Waals surface area (Å²) in [7, 11) is 3.83. The van der Waals surface area contributed by atoms with Crippen LogP contribution in [0, 0.1) is 0 Å². The molecule has 0 radical (unpaired) electrons. The molecule has 7 heteroatoms. The zero-order valence-corrected chi connectivity index (χ0v) is 18.7. The van der Waals surface area contributed by atoms with Crippen LogP contribution in [0.5, 0.6) is 0 Å². The Balaban J connectivity index is 1.47. The van der Waals surface area contributed by atoms with Crippen molar-refractivity contribution in [3.05, 3.63) is 24.3 Å². The summed E-state index contributed by atoms with van der Waals surface area (Å²) in [6.07, 6.45) is 5.86. The van der Waals surface area contributed by atoms with Crippen LogP contribution in [0.25, 0.3) is 0 Å². The zero-order chi connectivity index (χ0) is 21.5. The van der Waals surface area contributed by atoms with Crippen molar-refractivity contribution >= 4 is 23.2 Å². The number of amides is 2. The Hall–Kier alpha value is -2.12. The SMILES string of the molecule is C[C@H](C(=O)N(C)C1CCCCC1)[NH+](C)CC(=O)Nc1ccc(N2CCOCC2)cc1. The maximum Gasteiger partial charge on any atom is 0.280 e. The average molecular weight is 418 g/mol. The molecule has 2 fully saturated rings. The molecule has 30 heavy (non-hydrogen) atoms. The third kappa shape index (κ3) is 5.95. The zero-order valence-electron chi connectivity index (χ0n) is 18.7. The van der Waals surface area contributed by atoms with Gasteiger partial charge in [0, 0.05) is 37.6 Å². The molecule has 1 unspecified atom stereocenters. The molecule has 2 atom stereocenters. The normalized spacial score (nSPS) is 19.8. The lowest BCUT2D eigenvalue weighted by Gasteiger charge is -2.33. The minimum absolute atomic E-state index is 0.0772. The number of anilines is 2. The molecule has 1 aliphatic heterocycles. The number of ether oxygens (including phenoxy) is 1. The van der Waals surface area contributed by atoms with Gasteiger partial charge in [0.2, 0.25) is 0 Å². The third-order valence-corrected chi connectivity index (χ3v) is 6.55. The van der Waals surface area contributed by atoms with Crippen molar-refractivity contribution in [3.63, 3.8) is 0 Å². The Morgan fingerprint density at radius 1 is 1.17 bits per heavy atom. The number of carbonyl (C=O) groups is 2. The van der Waals surface area contributed by atoms with Crippen molar-refractivity contribution in [3.8, 4) is 0 Å². The lowest BCUT2D eigenvalue weighted by molar-refractivity contribution is -0.886. The molecule has 2 amide bonds. The number of morpholine rings is 1. The van der Waals surface area contributed by atoms with Crippen LogP contribution in [0.15, 0.2) is 24.3 Å². The van der Waals surface area contributed by atoms with Crippen molar-refractivity contribution in [2.24, 2.45) is 0 Å². The van der Waals surface area contributed by atoms with E-state index in [1.165, 1.54) is 19.3 Å². The molecule has 0 spiro atoms. The second-order valence-electron chi connectivity index (χ2n) is 8.68. The summed E-state index contributed by atoms with van der Waals surface area (Å²) in [4.78, 5) is 30.5. The fraction of sp³-hybridized carbons (Fsp3) is 0.652. The van der Waals surface area contributed by atoms with Gasteiger partial charge < -0.3 is 24.8 Å². The van der Waals surface area contributed by atoms with Crippen LogP contribution in [-0.4, -0.2) is 75.7 Å². The summed E-state index contributed by atoms with van der Waals surface area (Å²) < 4.78 is 5.39. The molecule has 1 saturated heterocycles. The van der Waals surface area contributed by atoms with E-state index in [1.807, 2.05) is 50.2 Å². The van der Waals surface area contributed by atoms with Crippen LogP contribution in [0.4, 0.5) is 11.4 Å². The van der Waals surface area contributed by atoms with E-state index in [0.717, 1.165) is 55.4 Å². The summed E-state index contributed by atoms with van der Waals surface area (Å²) in [5.74, 6) is 0.0497. The first kappa shape index (κ1) is 22.6. The van der Waals surface area contributed by atoms with Gasteiger partial charge in [0.25, 0.3) is 11.8 Å². The summed E-state index contributed by atoms with van der Waals surface area (Å²) in [6.45, 7) is 5.46. The average Bonchev–Trinajstić information content (AvgIpc) is 2.79. The number of carbonyl (C=O) groups excluding carboxylic acids is 2. The monoisotopic (exact) mass is 417 g/mol. The van der Waals surface area contributed by atoms with Gasteiger partial charge in [-0.3, -0.25) is 9.59 Å². The topological polar surface area (TPSA) is 66.3 Å². The van der Waals surface area contributed by atoms with Crippen LogP contribution in [0.1, 0.15) is 39.0 Å². The molecule has 1 aromatic carbocycles. The summed E-state index contributed by atoms with van der Waals surface area (Å²) >= 11 is 0. The second kappa shape index (κ2) is 10.8. The number of nitrogens with one attached hydrogen (secondary N) is 2. The molecule has 166 valence electrons. The van der Waals surface area contributed by atoms with Gasteiger partial charge in [0.15, 0.2) is 12.6 Å². The van der Waals surface area contributed by atoms with Gasteiger partial charge in [-0.05, 0) is 44.0 Å². The van der Waals surface area contributed by atoms with Crippen molar-refractivity contribution in [1.29, 1.82) is 0 Å². The van der Waals surface area contributed by atoms with Gasteiger partial charge in [0.05, 0.1) is 20.3 Å². The number of benzene rings is 1. The molecule has 0 bridgehead atoms. The molecule has 3 rings (SSSR count). The van der Waals surface area contributed by atoms with Crippen molar-refractivity contribution < 1.29 is 19.2 Å². The Morgan fingerprint density at radius 2 is 1.80 bits per heavy atom. The van der Waals surface area contributed by atoms with Crippen molar-refractivity contribution in [1.82, 2.24) is 4.90 Å². The molecule has 1 saturated carbocycles. The maximum absolute atomic E-state index is 12.9. The molecule has 0 aromatic heterocycles. The van der Waals surface area contributed by atoms with Gasteiger partial charge in [-0.15, -0.1) is 0 Å². The minimum atomic E-state index is -0.244. The van der Waals surface area contributed by atoms with Crippen LogP contribution < -0.4 is 15.1 Å². The van der Waals surface area contributed by atoms with Gasteiger partial charge in [-0.1, -0.05) is 19.3 Å². The summed E-state index contributed by atoms with van der Waals surface area (Å²) in [6, 6.07) is 8.03. The highest BCUT2D eigenvalue weighted by molar-refractivity contribution is 5.91. The smallest absolute Gasteiger partial charge is 0.280 e. The highest BCUT2D eigenvalue weighted by Gasteiger charge is 2.30. The number of hydrogen-bond acceptors (Lipinski definition) is 4. The van der Waals surface area contributed by atoms with E-state index in [1.54, 1.807) is 0 Å². The van der Waals surface area contributed by atoms with E-state index >= 15 is 0 Å². The maximum atomic E-state index is 12.9. The third-order valence-electron chi connectivity index (χ3n) is 6.55. The molecule has 1 aromatic rings. The predicted molar refractivity (Wildman–Crippen MR) is 119 cm³/mol. The van der Waals surface area contributed by atoms with Crippen LogP contribution in [0.2, 0.25) is 0 Å². The van der Waals surface area contributed by atoms with E-state index in [0.29, 0.717) is 6.04 Å². The lowest BCUT2D eigenvalue weighted by atomic mass is 9.94. The molecule has 2 aliphatic rings. The Kier molecular flexibility index (Phi) is 8.10. The van der Waals surface area contributed by atoms with Crippen LogP contribution in [-0.2, 0) is 14.3 Å². The van der Waals surface area contributed by atoms with E-state index in [9.17, 15) is 9.59 Å². The summed E-state index contributed by atoms with van der Waals surface area (Å²) in [5.41, 5.74) is 1.92. The molecular weight excluding hydrogens is 380 g/mol. The first-order chi connectivity index (χ1) is 14.5. The quantitative estimate of drug-likeness (QED) is 0.699. The van der Waals surface area contributed by atoms with E-state index in [-0.39, 0.29) is 24.4 Å². The highest BCUT2D eigenvalue weighted by Crippen LogP contribution is 2.22. The largest absolute Gasteiger partial charge is 0.378 e. The number of rotatable bonds is 7. The summed E-state index contributed by atoms with van der Waals surface area (Å²) in [5, 5.41) is 2.96. The Morgan fingerprint density at radius 3 is 2.43 bits per heavy atom. The predicted octanol–water partition coefficient (Wildman–Crippen LogP) is 1.16. The first-order valence-electron chi connectivity index (χ1n) is 11.3. The van der Waals surface area contributed by atoms with Gasteiger partial charge >= 0.3 is 0 Å². The Bertz CT molecular complexity index is 697. The molecule has 1 heterocycles. The molecular formula is C23H37N4O3+. The number of hydrogen-bond donors (Lipinski definition) is 2. The highest BCUT2D eigenvalue weighted by atomic mass is 16.5. The molecule has 7 nitrogen and oxygen atoms in total. The van der Waals surface area contributed by atoms with E-state index in [2.05, 4.69) is 10.2 Å². The number of quaternary nitrogens is 1. The van der Waals surface area contributed by atoms with Crippen molar-refractivity contribution in [2.75, 3.05) is 57.2 Å². The second-order valence-corrected chi connectivity index (χ2v) is 8.68. The number of likely N-dealkylation sites (N-methyl/N-ethyl adjacent to an activating group) is 2. The van der Waals surface area contributed by atoms with E-state index in [4.69, 9.17) is 4.74 Å². The first-order valence-corrected chi connectivity index (χ1v) is 11.3. The lowest BCUT2D eigenvalue weighted by Crippen LogP contribution is -3.15. The van der Waals surface area contributed by atoms with Gasteiger partial charge in [0.1, 0.15) is 0 Å². The van der Waals surface area contributed by atoms with Crippen molar-refractivity contribution in [2.45, 2.75) is 51.1 Å². The molecule has 2 N–H and O–H groups in total. The fourth-order valence-electron chi connectivity index (χ4n) is 4.35. The van der Waals surface area contributed by atoms with Gasteiger partial charge in [-0.2, -0.15) is 0 Å². The fourth-order valence-corrected chi connectivity index (χ4v) is 4.35. The van der Waals surface area contributed by atoms with E-state index < -0.39 is 0 Å².